The Balaban J connectivity index is 2.62. The van der Waals surface area contributed by atoms with Crippen molar-refractivity contribution in [2.75, 3.05) is 0 Å². The zero-order chi connectivity index (χ0) is 16.3. The SMILES string of the molecule is CCCC(=O)On1c(Cl)nc2c(Cl)ccc(C(CC)CC)c21. The fraction of sp³-hybridized carbons (Fsp3) is 0.500. The summed E-state index contributed by atoms with van der Waals surface area (Å²) in [7, 11) is 0. The van der Waals surface area contributed by atoms with Crippen LogP contribution in [-0.4, -0.2) is 15.7 Å². The highest BCUT2D eigenvalue weighted by Crippen LogP contribution is 2.35. The molecule has 0 bridgehead atoms. The maximum atomic E-state index is 11.8. The van der Waals surface area contributed by atoms with Gasteiger partial charge in [0, 0.05) is 6.42 Å². The molecule has 0 aliphatic carbocycles. The first-order valence-electron chi connectivity index (χ1n) is 7.60. The number of benzene rings is 1. The van der Waals surface area contributed by atoms with Gasteiger partial charge >= 0.3 is 5.97 Å². The number of imidazole rings is 1. The van der Waals surface area contributed by atoms with Crippen LogP contribution in [0.5, 0.6) is 0 Å². The Bertz CT molecular complexity index is 678. The van der Waals surface area contributed by atoms with Gasteiger partial charge in [0.1, 0.15) is 11.0 Å². The standard InChI is InChI=1S/C16H20Cl2N2O2/c1-4-7-13(21)22-20-15-11(10(5-2)6-3)8-9-12(17)14(15)19-16(20)18/h8-10H,4-7H2,1-3H3. The van der Waals surface area contributed by atoms with Gasteiger partial charge in [0.2, 0.25) is 5.28 Å². The average molecular weight is 343 g/mol. The van der Waals surface area contributed by atoms with Crippen LogP contribution in [0.4, 0.5) is 0 Å². The molecule has 0 amide bonds. The number of halogens is 2. The molecule has 1 aromatic carbocycles. The van der Waals surface area contributed by atoms with Crippen molar-refractivity contribution in [3.8, 4) is 0 Å². The predicted molar refractivity (Wildman–Crippen MR) is 89.6 cm³/mol. The van der Waals surface area contributed by atoms with Gasteiger partial charge in [0.05, 0.1) is 5.02 Å². The van der Waals surface area contributed by atoms with Crippen LogP contribution in [0, 0.1) is 0 Å². The first kappa shape index (κ1) is 17.1. The lowest BCUT2D eigenvalue weighted by molar-refractivity contribution is -0.143. The van der Waals surface area contributed by atoms with E-state index in [1.165, 1.54) is 4.73 Å². The van der Waals surface area contributed by atoms with E-state index in [0.29, 0.717) is 34.8 Å². The molecule has 0 aliphatic rings. The normalized spacial score (nSPS) is 11.4. The van der Waals surface area contributed by atoms with Crippen LogP contribution in [0.3, 0.4) is 0 Å². The quantitative estimate of drug-likeness (QED) is 0.741. The number of rotatable bonds is 6. The third-order valence-electron chi connectivity index (χ3n) is 3.78. The van der Waals surface area contributed by atoms with Crippen LogP contribution in [0.1, 0.15) is 57.9 Å². The van der Waals surface area contributed by atoms with Gasteiger partial charge in [0.25, 0.3) is 0 Å². The van der Waals surface area contributed by atoms with E-state index in [9.17, 15) is 4.79 Å². The highest BCUT2D eigenvalue weighted by molar-refractivity contribution is 6.36. The monoisotopic (exact) mass is 342 g/mol. The Hall–Kier alpha value is -1.26. The van der Waals surface area contributed by atoms with Crippen LogP contribution in [0.2, 0.25) is 10.3 Å². The summed E-state index contributed by atoms with van der Waals surface area (Å²) in [5.74, 6) is -0.00432. The van der Waals surface area contributed by atoms with Gasteiger partial charge in [-0.05, 0) is 48.4 Å². The molecule has 1 heterocycles. The zero-order valence-electron chi connectivity index (χ0n) is 13.0. The largest absolute Gasteiger partial charge is 0.333 e. The lowest BCUT2D eigenvalue weighted by atomic mass is 9.93. The van der Waals surface area contributed by atoms with Crippen molar-refractivity contribution in [2.45, 2.75) is 52.4 Å². The zero-order valence-corrected chi connectivity index (χ0v) is 14.5. The Morgan fingerprint density at radius 1 is 1.27 bits per heavy atom. The molecule has 120 valence electrons. The van der Waals surface area contributed by atoms with Gasteiger partial charge in [-0.2, -0.15) is 0 Å². The summed E-state index contributed by atoms with van der Waals surface area (Å²) in [6, 6.07) is 3.78. The van der Waals surface area contributed by atoms with Crippen LogP contribution >= 0.6 is 23.2 Å². The predicted octanol–water partition coefficient (Wildman–Crippen LogP) is 5.00. The van der Waals surface area contributed by atoms with Crippen LogP contribution in [0.15, 0.2) is 12.1 Å². The molecule has 2 rings (SSSR count). The lowest BCUT2D eigenvalue weighted by Gasteiger charge is -2.16. The van der Waals surface area contributed by atoms with Crippen molar-refractivity contribution in [3.05, 3.63) is 28.0 Å². The Kier molecular flexibility index (Phi) is 5.70. The molecule has 0 N–H and O–H groups in total. The van der Waals surface area contributed by atoms with Crippen molar-refractivity contribution >= 4 is 40.2 Å². The first-order chi connectivity index (χ1) is 10.5. The van der Waals surface area contributed by atoms with Crippen molar-refractivity contribution < 1.29 is 9.63 Å². The average Bonchev–Trinajstić information content (AvgIpc) is 2.81. The number of nitrogens with zero attached hydrogens (tertiary/aromatic N) is 2. The summed E-state index contributed by atoms with van der Waals surface area (Å²) in [5.41, 5.74) is 2.31. The van der Waals surface area contributed by atoms with E-state index in [4.69, 9.17) is 28.0 Å². The summed E-state index contributed by atoms with van der Waals surface area (Å²) in [6.45, 7) is 6.17. The lowest BCUT2D eigenvalue weighted by Crippen LogP contribution is -2.20. The molecule has 0 atom stereocenters. The third kappa shape index (κ3) is 3.23. The highest BCUT2D eigenvalue weighted by atomic mass is 35.5. The van der Waals surface area contributed by atoms with Gasteiger partial charge in [-0.1, -0.05) is 38.4 Å². The molecule has 2 aromatic rings. The van der Waals surface area contributed by atoms with Crippen molar-refractivity contribution in [1.29, 1.82) is 0 Å². The van der Waals surface area contributed by atoms with E-state index in [2.05, 4.69) is 18.8 Å². The molecule has 0 saturated carbocycles. The summed E-state index contributed by atoms with van der Waals surface area (Å²) in [5, 5.41) is 0.608. The summed E-state index contributed by atoms with van der Waals surface area (Å²) in [4.78, 5) is 21.5. The smallest absolute Gasteiger partial charge is 0.333 e. The van der Waals surface area contributed by atoms with E-state index >= 15 is 0 Å². The summed E-state index contributed by atoms with van der Waals surface area (Å²) in [6.07, 6.45) is 2.98. The second kappa shape index (κ2) is 7.34. The van der Waals surface area contributed by atoms with E-state index in [0.717, 1.165) is 18.4 Å². The number of hydrogen-bond donors (Lipinski definition) is 0. The van der Waals surface area contributed by atoms with E-state index in [1.54, 1.807) is 0 Å². The van der Waals surface area contributed by atoms with Gasteiger partial charge in [0.15, 0.2) is 0 Å². The number of fused-ring (bicyclic) bond motifs is 1. The van der Waals surface area contributed by atoms with Gasteiger partial charge in [-0.25, -0.2) is 9.78 Å². The Labute approximate surface area is 140 Å². The van der Waals surface area contributed by atoms with Gasteiger partial charge in [-0.3, -0.25) is 0 Å². The van der Waals surface area contributed by atoms with Gasteiger partial charge in [-0.15, -0.1) is 4.73 Å². The van der Waals surface area contributed by atoms with E-state index < -0.39 is 0 Å². The molecule has 6 heteroatoms. The molecule has 0 radical (unpaired) electrons. The highest BCUT2D eigenvalue weighted by Gasteiger charge is 2.22. The Morgan fingerprint density at radius 3 is 2.55 bits per heavy atom. The van der Waals surface area contributed by atoms with E-state index in [1.807, 2.05) is 19.1 Å². The van der Waals surface area contributed by atoms with Crippen molar-refractivity contribution in [1.82, 2.24) is 9.71 Å². The maximum Gasteiger partial charge on any atom is 0.333 e. The number of aromatic nitrogens is 2. The number of carbonyl (C=O) groups excluding carboxylic acids is 1. The topological polar surface area (TPSA) is 44.1 Å². The van der Waals surface area contributed by atoms with Crippen LogP contribution in [0.25, 0.3) is 11.0 Å². The maximum absolute atomic E-state index is 11.8. The summed E-state index contributed by atoms with van der Waals surface area (Å²) < 4.78 is 1.31. The molecule has 0 spiro atoms. The minimum absolute atomic E-state index is 0.111. The summed E-state index contributed by atoms with van der Waals surface area (Å²) >= 11 is 12.4. The molecule has 4 nitrogen and oxygen atoms in total. The number of hydrogen-bond acceptors (Lipinski definition) is 3. The van der Waals surface area contributed by atoms with E-state index in [-0.39, 0.29) is 11.3 Å². The minimum Gasteiger partial charge on any atom is -0.333 e. The number of carbonyl (C=O) groups is 1. The molecule has 0 aliphatic heterocycles. The van der Waals surface area contributed by atoms with Gasteiger partial charge < -0.3 is 4.84 Å². The first-order valence-corrected chi connectivity index (χ1v) is 8.36. The molecule has 22 heavy (non-hydrogen) atoms. The Morgan fingerprint density at radius 2 is 1.95 bits per heavy atom. The molecule has 0 unspecified atom stereocenters. The van der Waals surface area contributed by atoms with Crippen LogP contribution in [-0.2, 0) is 4.79 Å². The fourth-order valence-corrected chi connectivity index (χ4v) is 3.01. The second-order valence-electron chi connectivity index (χ2n) is 5.24. The van der Waals surface area contributed by atoms with Crippen LogP contribution < -0.4 is 4.84 Å². The molecular weight excluding hydrogens is 323 g/mol. The molecule has 0 saturated heterocycles. The molecule has 1 aromatic heterocycles. The van der Waals surface area contributed by atoms with Crippen molar-refractivity contribution in [3.63, 3.8) is 0 Å². The minimum atomic E-state index is -0.334. The third-order valence-corrected chi connectivity index (χ3v) is 4.32. The second-order valence-corrected chi connectivity index (χ2v) is 5.98. The fourth-order valence-electron chi connectivity index (χ4n) is 2.61. The van der Waals surface area contributed by atoms with Crippen molar-refractivity contribution in [2.24, 2.45) is 0 Å². The molecule has 0 fully saturated rings. The molecular formula is C16H20Cl2N2O2.